The minimum absolute atomic E-state index is 0.429. The molecule has 4 heteroatoms. The Morgan fingerprint density at radius 1 is 0.944 bits per heavy atom. The van der Waals surface area contributed by atoms with Gasteiger partial charge in [-0.25, -0.2) is 9.97 Å². The molecule has 0 aliphatic carbocycles. The van der Waals surface area contributed by atoms with Gasteiger partial charge in [0, 0.05) is 11.9 Å². The molecule has 2 rings (SSSR count). The Balaban J connectivity index is 0.000000659. The molecule has 2 aromatic rings. The summed E-state index contributed by atoms with van der Waals surface area (Å²) in [6.07, 6.45) is 1.61. The van der Waals surface area contributed by atoms with E-state index in [1.54, 1.807) is 12.3 Å². The standard InChI is InChI=1S/C10H8ClN3.2C2H6/c11-9-6-7-12-10(14-9)13-8-4-2-1-3-5-8;2*1-2/h1-7H,(H,12,13,14);2*1-2H3. The number of hydrogen-bond donors (Lipinski definition) is 1. The van der Waals surface area contributed by atoms with E-state index in [1.165, 1.54) is 0 Å². The highest BCUT2D eigenvalue weighted by Crippen LogP contribution is 2.12. The predicted molar refractivity (Wildman–Crippen MR) is 79.5 cm³/mol. The molecule has 0 fully saturated rings. The van der Waals surface area contributed by atoms with Crippen LogP contribution < -0.4 is 5.32 Å². The SMILES string of the molecule is CC.CC.Clc1ccnc(Nc2ccccc2)n1. The summed E-state index contributed by atoms with van der Waals surface area (Å²) in [5.74, 6) is 0.503. The van der Waals surface area contributed by atoms with Gasteiger partial charge in [-0.1, -0.05) is 57.5 Å². The number of rotatable bonds is 2. The average Bonchev–Trinajstić information content (AvgIpc) is 2.44. The largest absolute Gasteiger partial charge is 0.324 e. The fourth-order valence-corrected chi connectivity index (χ4v) is 1.18. The monoisotopic (exact) mass is 265 g/mol. The third kappa shape index (κ3) is 6.21. The zero-order valence-electron chi connectivity index (χ0n) is 11.3. The molecule has 0 bridgehead atoms. The van der Waals surface area contributed by atoms with Crippen LogP contribution in [-0.2, 0) is 0 Å². The summed E-state index contributed by atoms with van der Waals surface area (Å²) < 4.78 is 0. The van der Waals surface area contributed by atoms with Crippen molar-refractivity contribution in [3.05, 3.63) is 47.7 Å². The van der Waals surface area contributed by atoms with E-state index in [1.807, 2.05) is 58.0 Å². The Kier molecular flexibility index (Phi) is 9.60. The maximum absolute atomic E-state index is 5.72. The maximum Gasteiger partial charge on any atom is 0.228 e. The summed E-state index contributed by atoms with van der Waals surface area (Å²) in [6.45, 7) is 8.00. The van der Waals surface area contributed by atoms with E-state index in [2.05, 4.69) is 15.3 Å². The molecule has 1 aromatic carbocycles. The molecule has 3 nitrogen and oxygen atoms in total. The fraction of sp³-hybridized carbons (Fsp3) is 0.286. The normalized spacial score (nSPS) is 8.28. The van der Waals surface area contributed by atoms with Gasteiger partial charge in [-0.2, -0.15) is 0 Å². The van der Waals surface area contributed by atoms with Crippen molar-refractivity contribution in [1.29, 1.82) is 0 Å². The summed E-state index contributed by atoms with van der Waals surface area (Å²) in [4.78, 5) is 8.04. The second-order valence-corrected chi connectivity index (χ2v) is 3.08. The highest BCUT2D eigenvalue weighted by Gasteiger charge is 1.96. The second-order valence-electron chi connectivity index (χ2n) is 2.69. The van der Waals surface area contributed by atoms with Gasteiger partial charge < -0.3 is 5.32 Å². The summed E-state index contributed by atoms with van der Waals surface area (Å²) in [5, 5.41) is 3.47. The number of halogens is 1. The Labute approximate surface area is 114 Å². The molecule has 0 unspecified atom stereocenters. The molecule has 0 radical (unpaired) electrons. The van der Waals surface area contributed by atoms with Crippen molar-refractivity contribution in [3.63, 3.8) is 0 Å². The van der Waals surface area contributed by atoms with E-state index < -0.39 is 0 Å². The topological polar surface area (TPSA) is 37.8 Å². The lowest BCUT2D eigenvalue weighted by Crippen LogP contribution is -1.95. The molecule has 0 aliphatic rings. The number of anilines is 2. The fourth-order valence-electron chi connectivity index (χ4n) is 1.05. The van der Waals surface area contributed by atoms with Crippen molar-refractivity contribution >= 4 is 23.2 Å². The highest BCUT2D eigenvalue weighted by molar-refractivity contribution is 6.29. The Bertz CT molecular complexity index is 418. The number of aromatic nitrogens is 2. The molecule has 1 N–H and O–H groups in total. The third-order valence-corrected chi connectivity index (χ3v) is 1.86. The summed E-state index contributed by atoms with van der Waals surface area (Å²) >= 11 is 5.72. The molecule has 98 valence electrons. The zero-order valence-corrected chi connectivity index (χ0v) is 12.1. The van der Waals surface area contributed by atoms with E-state index in [0.29, 0.717) is 11.1 Å². The predicted octanol–water partition coefficient (Wildman–Crippen LogP) is 4.93. The number of nitrogens with one attached hydrogen (secondary N) is 1. The first kappa shape index (κ1) is 16.4. The molecule has 18 heavy (non-hydrogen) atoms. The van der Waals surface area contributed by atoms with Crippen LogP contribution >= 0.6 is 11.6 Å². The average molecular weight is 266 g/mol. The molecule has 0 saturated carbocycles. The molecule has 0 amide bonds. The van der Waals surface area contributed by atoms with Gasteiger partial charge in [0.25, 0.3) is 0 Å². The first-order chi connectivity index (χ1) is 8.84. The number of benzene rings is 1. The van der Waals surface area contributed by atoms with Crippen molar-refractivity contribution in [2.45, 2.75) is 27.7 Å². The van der Waals surface area contributed by atoms with Gasteiger partial charge in [0.05, 0.1) is 0 Å². The van der Waals surface area contributed by atoms with Crippen molar-refractivity contribution in [2.75, 3.05) is 5.32 Å². The van der Waals surface area contributed by atoms with Gasteiger partial charge in [0.2, 0.25) is 5.95 Å². The van der Waals surface area contributed by atoms with Crippen LogP contribution in [0.1, 0.15) is 27.7 Å². The highest BCUT2D eigenvalue weighted by atomic mass is 35.5. The van der Waals surface area contributed by atoms with E-state index in [0.717, 1.165) is 5.69 Å². The Hall–Kier alpha value is -1.61. The zero-order chi connectivity index (χ0) is 13.8. The smallest absolute Gasteiger partial charge is 0.228 e. The number of hydrogen-bond acceptors (Lipinski definition) is 3. The van der Waals surface area contributed by atoms with Crippen molar-refractivity contribution in [1.82, 2.24) is 9.97 Å². The van der Waals surface area contributed by atoms with E-state index in [4.69, 9.17) is 11.6 Å². The summed E-state index contributed by atoms with van der Waals surface area (Å²) in [7, 11) is 0. The van der Waals surface area contributed by atoms with Gasteiger partial charge >= 0.3 is 0 Å². The van der Waals surface area contributed by atoms with Gasteiger partial charge in [0.1, 0.15) is 5.15 Å². The third-order valence-electron chi connectivity index (χ3n) is 1.65. The van der Waals surface area contributed by atoms with E-state index in [9.17, 15) is 0 Å². The lowest BCUT2D eigenvalue weighted by molar-refractivity contribution is 1.17. The number of para-hydroxylation sites is 1. The maximum atomic E-state index is 5.72. The van der Waals surface area contributed by atoms with Crippen LogP contribution in [0.2, 0.25) is 5.15 Å². The molecular weight excluding hydrogens is 246 g/mol. The van der Waals surface area contributed by atoms with Crippen LogP contribution in [0, 0.1) is 0 Å². The molecule has 0 aliphatic heterocycles. The lowest BCUT2D eigenvalue weighted by atomic mass is 10.3. The minimum atomic E-state index is 0.429. The van der Waals surface area contributed by atoms with Crippen LogP contribution in [0.25, 0.3) is 0 Å². The van der Waals surface area contributed by atoms with Gasteiger partial charge in [-0.05, 0) is 18.2 Å². The molecule has 0 spiro atoms. The van der Waals surface area contributed by atoms with Crippen LogP contribution in [0.4, 0.5) is 11.6 Å². The van der Waals surface area contributed by atoms with Crippen LogP contribution in [0.3, 0.4) is 0 Å². The molecule has 0 saturated heterocycles. The minimum Gasteiger partial charge on any atom is -0.324 e. The number of nitrogens with zero attached hydrogens (tertiary/aromatic N) is 2. The first-order valence-electron chi connectivity index (χ1n) is 6.15. The van der Waals surface area contributed by atoms with E-state index >= 15 is 0 Å². The van der Waals surface area contributed by atoms with Gasteiger partial charge in [-0.3, -0.25) is 0 Å². The summed E-state index contributed by atoms with van der Waals surface area (Å²) in [5.41, 5.74) is 0.940. The van der Waals surface area contributed by atoms with Gasteiger partial charge in [-0.15, -0.1) is 0 Å². The van der Waals surface area contributed by atoms with Gasteiger partial charge in [0.15, 0.2) is 0 Å². The molecular formula is C14H20ClN3. The van der Waals surface area contributed by atoms with Crippen molar-refractivity contribution in [2.24, 2.45) is 0 Å². The van der Waals surface area contributed by atoms with Crippen LogP contribution in [-0.4, -0.2) is 9.97 Å². The lowest BCUT2D eigenvalue weighted by Gasteiger charge is -2.03. The molecule has 1 heterocycles. The van der Waals surface area contributed by atoms with Crippen molar-refractivity contribution < 1.29 is 0 Å². The molecule has 0 atom stereocenters. The quantitative estimate of drug-likeness (QED) is 0.783. The van der Waals surface area contributed by atoms with Crippen molar-refractivity contribution in [3.8, 4) is 0 Å². The van der Waals surface area contributed by atoms with E-state index in [-0.39, 0.29) is 0 Å². The Morgan fingerprint density at radius 3 is 2.11 bits per heavy atom. The first-order valence-corrected chi connectivity index (χ1v) is 6.53. The Morgan fingerprint density at radius 2 is 1.56 bits per heavy atom. The summed E-state index contributed by atoms with van der Waals surface area (Å²) in [6, 6.07) is 11.3. The van der Waals surface area contributed by atoms with Crippen LogP contribution in [0.5, 0.6) is 0 Å². The second kappa shape index (κ2) is 10.5. The molecule has 1 aromatic heterocycles. The van der Waals surface area contributed by atoms with Crippen LogP contribution in [0.15, 0.2) is 42.6 Å².